The highest BCUT2D eigenvalue weighted by Gasteiger charge is 2.13. The lowest BCUT2D eigenvalue weighted by Crippen LogP contribution is -2.11. The molecule has 0 bridgehead atoms. The Balaban J connectivity index is 2.14. The number of nitrogens with two attached hydrogens (primary N) is 1. The fourth-order valence-corrected chi connectivity index (χ4v) is 1.63. The Kier molecular flexibility index (Phi) is 3.65. The molecule has 7 nitrogen and oxygen atoms in total. The first-order chi connectivity index (χ1) is 9.11. The Morgan fingerprint density at radius 3 is 2.95 bits per heavy atom. The Morgan fingerprint density at radius 1 is 1.53 bits per heavy atom. The first-order valence-electron chi connectivity index (χ1n) is 5.67. The number of carbonyl (C=O) groups is 1. The second-order valence-corrected chi connectivity index (χ2v) is 3.95. The van der Waals surface area contributed by atoms with Crippen molar-refractivity contribution in [2.45, 2.75) is 6.54 Å². The van der Waals surface area contributed by atoms with Gasteiger partial charge in [0.25, 0.3) is 0 Å². The van der Waals surface area contributed by atoms with Gasteiger partial charge in [-0.05, 0) is 12.1 Å². The van der Waals surface area contributed by atoms with Gasteiger partial charge in [-0.15, -0.1) is 0 Å². The van der Waals surface area contributed by atoms with Crippen LogP contribution in [0.1, 0.15) is 16.1 Å². The van der Waals surface area contributed by atoms with Crippen LogP contribution in [0.2, 0.25) is 0 Å². The molecule has 19 heavy (non-hydrogen) atoms. The smallest absolute Gasteiger partial charge is 0.340 e. The minimum Gasteiger partial charge on any atom is -0.465 e. The predicted octanol–water partition coefficient (Wildman–Crippen LogP) is 0.796. The van der Waals surface area contributed by atoms with Crippen molar-refractivity contribution in [3.8, 4) is 0 Å². The van der Waals surface area contributed by atoms with Crippen LogP contribution in [0.25, 0.3) is 0 Å². The summed E-state index contributed by atoms with van der Waals surface area (Å²) in [5.41, 5.74) is 7.29. The van der Waals surface area contributed by atoms with Gasteiger partial charge in [0.1, 0.15) is 5.82 Å². The zero-order valence-corrected chi connectivity index (χ0v) is 10.8. The van der Waals surface area contributed by atoms with Crippen LogP contribution in [0.15, 0.2) is 24.5 Å². The van der Waals surface area contributed by atoms with E-state index in [9.17, 15) is 4.79 Å². The van der Waals surface area contributed by atoms with Crippen molar-refractivity contribution in [1.29, 1.82) is 0 Å². The third kappa shape index (κ3) is 2.82. The zero-order valence-electron chi connectivity index (χ0n) is 10.8. The van der Waals surface area contributed by atoms with Crippen molar-refractivity contribution in [3.63, 3.8) is 0 Å². The van der Waals surface area contributed by atoms with Crippen molar-refractivity contribution in [1.82, 2.24) is 14.8 Å². The number of esters is 1. The van der Waals surface area contributed by atoms with E-state index in [0.717, 1.165) is 5.69 Å². The topological polar surface area (TPSA) is 95.1 Å². The Labute approximate surface area is 110 Å². The van der Waals surface area contributed by atoms with Crippen LogP contribution >= 0.6 is 0 Å². The third-order valence-corrected chi connectivity index (χ3v) is 2.60. The molecule has 0 radical (unpaired) electrons. The summed E-state index contributed by atoms with van der Waals surface area (Å²) in [5, 5.41) is 7.27. The maximum Gasteiger partial charge on any atom is 0.340 e. The number of aromatic nitrogens is 3. The number of carbonyl (C=O) groups excluding carboxylic acids is 1. The number of methoxy groups -OCH3 is 1. The fourth-order valence-electron chi connectivity index (χ4n) is 1.63. The molecular weight excluding hydrogens is 246 g/mol. The minimum absolute atomic E-state index is 0.269. The Morgan fingerprint density at radius 2 is 2.32 bits per heavy atom. The average Bonchev–Trinajstić information content (AvgIpc) is 2.82. The van der Waals surface area contributed by atoms with E-state index in [1.165, 1.54) is 19.4 Å². The van der Waals surface area contributed by atoms with E-state index in [4.69, 9.17) is 5.73 Å². The molecule has 0 spiro atoms. The average molecular weight is 261 g/mol. The molecule has 2 rings (SSSR count). The van der Waals surface area contributed by atoms with Gasteiger partial charge in [-0.25, -0.2) is 9.78 Å². The number of nitrogens with one attached hydrogen (secondary N) is 1. The fraction of sp³-hybridized carbons (Fsp3) is 0.250. The molecule has 2 aromatic rings. The Bertz CT molecular complexity index is 594. The number of anilines is 2. The molecule has 0 fully saturated rings. The first kappa shape index (κ1) is 12.9. The molecule has 0 aliphatic carbocycles. The monoisotopic (exact) mass is 261 g/mol. The molecule has 0 atom stereocenters. The zero-order chi connectivity index (χ0) is 13.8. The predicted molar refractivity (Wildman–Crippen MR) is 70.5 cm³/mol. The largest absolute Gasteiger partial charge is 0.465 e. The molecule has 100 valence electrons. The minimum atomic E-state index is -0.485. The van der Waals surface area contributed by atoms with Crippen LogP contribution in [-0.2, 0) is 18.3 Å². The van der Waals surface area contributed by atoms with Crippen LogP contribution in [-0.4, -0.2) is 27.8 Å². The molecule has 0 aliphatic heterocycles. The van der Waals surface area contributed by atoms with E-state index in [2.05, 4.69) is 20.1 Å². The lowest BCUT2D eigenvalue weighted by atomic mass is 10.2. The van der Waals surface area contributed by atoms with E-state index in [1.807, 2.05) is 19.3 Å². The van der Waals surface area contributed by atoms with Crippen LogP contribution in [0.5, 0.6) is 0 Å². The van der Waals surface area contributed by atoms with E-state index in [1.54, 1.807) is 4.68 Å². The molecule has 2 aromatic heterocycles. The maximum absolute atomic E-state index is 11.5. The standard InChI is InChI=1S/C12H15N5O2/c1-17-6-4-8(16-17)7-15-11-10(13)9(3-5-14-11)12(18)19-2/h3-6H,7,13H2,1-2H3,(H,14,15). The van der Waals surface area contributed by atoms with Gasteiger partial charge in [0.15, 0.2) is 0 Å². The number of rotatable bonds is 4. The third-order valence-electron chi connectivity index (χ3n) is 2.60. The number of pyridine rings is 1. The van der Waals surface area contributed by atoms with Crippen molar-refractivity contribution in [2.75, 3.05) is 18.2 Å². The SMILES string of the molecule is COC(=O)c1ccnc(NCc2ccn(C)n2)c1N. The van der Waals surface area contributed by atoms with Crippen molar-refractivity contribution in [3.05, 3.63) is 35.8 Å². The summed E-state index contributed by atoms with van der Waals surface area (Å²) in [5.74, 6) is -0.0469. The summed E-state index contributed by atoms with van der Waals surface area (Å²) >= 11 is 0. The second-order valence-electron chi connectivity index (χ2n) is 3.95. The summed E-state index contributed by atoms with van der Waals surface area (Å²) in [7, 11) is 3.15. The molecule has 2 heterocycles. The summed E-state index contributed by atoms with van der Waals surface area (Å²) < 4.78 is 6.36. The van der Waals surface area contributed by atoms with Crippen molar-refractivity contribution in [2.24, 2.45) is 7.05 Å². The summed E-state index contributed by atoms with van der Waals surface area (Å²) in [4.78, 5) is 15.6. The first-order valence-corrected chi connectivity index (χ1v) is 5.67. The molecule has 0 aliphatic rings. The molecular formula is C12H15N5O2. The normalized spacial score (nSPS) is 10.2. The van der Waals surface area contributed by atoms with Crippen LogP contribution in [0.4, 0.5) is 11.5 Å². The van der Waals surface area contributed by atoms with Gasteiger partial charge in [-0.3, -0.25) is 4.68 Å². The van der Waals surface area contributed by atoms with Gasteiger partial charge in [-0.2, -0.15) is 5.10 Å². The molecule has 0 unspecified atom stereocenters. The Hall–Kier alpha value is -2.57. The highest BCUT2D eigenvalue weighted by Crippen LogP contribution is 2.21. The quantitative estimate of drug-likeness (QED) is 0.790. The van der Waals surface area contributed by atoms with E-state index >= 15 is 0 Å². The lowest BCUT2D eigenvalue weighted by molar-refractivity contribution is 0.0602. The van der Waals surface area contributed by atoms with Gasteiger partial charge < -0.3 is 15.8 Å². The molecule has 0 saturated heterocycles. The second kappa shape index (κ2) is 5.38. The number of aryl methyl sites for hydroxylation is 1. The molecule has 3 N–H and O–H groups in total. The number of nitrogens with zero attached hydrogens (tertiary/aromatic N) is 3. The maximum atomic E-state index is 11.5. The highest BCUT2D eigenvalue weighted by molar-refractivity contribution is 5.97. The van der Waals surface area contributed by atoms with Gasteiger partial charge in [0.2, 0.25) is 0 Å². The van der Waals surface area contributed by atoms with Gasteiger partial charge in [0, 0.05) is 19.4 Å². The van der Waals surface area contributed by atoms with Gasteiger partial charge in [0.05, 0.1) is 30.6 Å². The van der Waals surface area contributed by atoms with Gasteiger partial charge >= 0.3 is 5.97 Å². The summed E-state index contributed by atoms with van der Waals surface area (Å²) in [6.45, 7) is 0.475. The molecule has 0 saturated carbocycles. The van der Waals surface area contributed by atoms with Crippen LogP contribution < -0.4 is 11.1 Å². The molecule has 0 amide bonds. The summed E-state index contributed by atoms with van der Waals surface area (Å²) in [6, 6.07) is 3.40. The van der Waals surface area contributed by atoms with Crippen molar-refractivity contribution < 1.29 is 9.53 Å². The highest BCUT2D eigenvalue weighted by atomic mass is 16.5. The summed E-state index contributed by atoms with van der Waals surface area (Å²) in [6.07, 6.45) is 3.35. The van der Waals surface area contributed by atoms with Gasteiger partial charge in [-0.1, -0.05) is 0 Å². The number of hydrogen-bond acceptors (Lipinski definition) is 6. The molecule has 7 heteroatoms. The van der Waals surface area contributed by atoms with E-state index < -0.39 is 5.97 Å². The molecule has 0 aromatic carbocycles. The number of nitrogen functional groups attached to an aromatic ring is 1. The lowest BCUT2D eigenvalue weighted by Gasteiger charge is -2.09. The number of ether oxygens (including phenoxy) is 1. The van der Waals surface area contributed by atoms with Crippen LogP contribution in [0, 0.1) is 0 Å². The van der Waals surface area contributed by atoms with E-state index in [-0.39, 0.29) is 5.69 Å². The van der Waals surface area contributed by atoms with Crippen LogP contribution in [0.3, 0.4) is 0 Å². The number of hydrogen-bond donors (Lipinski definition) is 2. The van der Waals surface area contributed by atoms with Crippen molar-refractivity contribution >= 4 is 17.5 Å². The van der Waals surface area contributed by atoms with E-state index in [0.29, 0.717) is 17.9 Å².